The van der Waals surface area contributed by atoms with Gasteiger partial charge in [0, 0.05) is 25.3 Å². The maximum absolute atomic E-state index is 14.2. The highest BCUT2D eigenvalue weighted by atomic mass is 32.2. The van der Waals surface area contributed by atoms with Gasteiger partial charge in [0.25, 0.3) is 5.91 Å². The molecule has 1 amide bonds. The van der Waals surface area contributed by atoms with Crippen molar-refractivity contribution in [3.8, 4) is 0 Å². The molecule has 0 saturated carbocycles. The Hall–Kier alpha value is -2.40. The number of rotatable bonds is 7. The Morgan fingerprint density at radius 1 is 1.24 bits per heavy atom. The summed E-state index contributed by atoms with van der Waals surface area (Å²) < 4.78 is 47.4. The van der Waals surface area contributed by atoms with Gasteiger partial charge in [0.2, 0.25) is 10.0 Å². The van der Waals surface area contributed by atoms with Gasteiger partial charge in [-0.2, -0.15) is 4.31 Å². The Bertz CT molecular complexity index is 1250. The minimum absolute atomic E-state index is 0.114. The molecule has 1 aliphatic heterocycles. The molecule has 1 aromatic heterocycles. The molecule has 0 spiro atoms. The van der Waals surface area contributed by atoms with Crippen LogP contribution in [0.4, 0.5) is 9.52 Å². The number of amides is 1. The van der Waals surface area contributed by atoms with Crippen molar-refractivity contribution in [2.24, 2.45) is 0 Å². The van der Waals surface area contributed by atoms with Crippen molar-refractivity contribution < 1.29 is 22.3 Å². The smallest absolute Gasteiger partial charge is 0.260 e. The largest absolute Gasteiger partial charge is 0.376 e. The zero-order chi connectivity index (χ0) is 23.8. The van der Waals surface area contributed by atoms with Gasteiger partial charge >= 0.3 is 0 Å². The lowest BCUT2D eigenvalue weighted by molar-refractivity contribution is 0.0917. The number of thiazole rings is 1. The van der Waals surface area contributed by atoms with Crippen LogP contribution in [0.3, 0.4) is 0 Å². The van der Waals surface area contributed by atoms with E-state index in [4.69, 9.17) is 4.74 Å². The number of ether oxygens (including phenoxy) is 1. The Kier molecular flexibility index (Phi) is 6.81. The molecule has 1 fully saturated rings. The molecule has 1 unspecified atom stereocenters. The number of halogens is 1. The Morgan fingerprint density at radius 2 is 1.97 bits per heavy atom. The number of aromatic nitrogens is 1. The molecule has 4 rings (SSSR count). The molecule has 1 atom stereocenters. The minimum atomic E-state index is -3.66. The summed E-state index contributed by atoms with van der Waals surface area (Å²) in [6.07, 6.45) is 1.60. The van der Waals surface area contributed by atoms with Gasteiger partial charge in [-0.15, -0.1) is 0 Å². The molecule has 1 saturated heterocycles. The summed E-state index contributed by atoms with van der Waals surface area (Å²) in [4.78, 5) is 19.5. The van der Waals surface area contributed by atoms with Crippen LogP contribution in [0.1, 0.15) is 37.0 Å². The van der Waals surface area contributed by atoms with Crippen molar-refractivity contribution in [3.05, 3.63) is 53.8 Å². The summed E-state index contributed by atoms with van der Waals surface area (Å²) >= 11 is 1.24. The van der Waals surface area contributed by atoms with Crippen molar-refractivity contribution in [1.82, 2.24) is 9.29 Å². The quantitative estimate of drug-likeness (QED) is 0.493. The van der Waals surface area contributed by atoms with Gasteiger partial charge in [0.05, 0.1) is 22.2 Å². The number of anilines is 1. The number of fused-ring (bicyclic) bond motifs is 1. The maximum atomic E-state index is 14.2. The molecule has 7 nitrogen and oxygen atoms in total. The molecule has 10 heteroatoms. The highest BCUT2D eigenvalue weighted by molar-refractivity contribution is 7.89. The lowest BCUT2D eigenvalue weighted by Gasteiger charge is -2.23. The monoisotopic (exact) mass is 491 g/mol. The van der Waals surface area contributed by atoms with E-state index in [0.717, 1.165) is 12.8 Å². The van der Waals surface area contributed by atoms with Crippen molar-refractivity contribution in [2.45, 2.75) is 43.7 Å². The van der Waals surface area contributed by atoms with Crippen LogP contribution >= 0.6 is 11.3 Å². The second kappa shape index (κ2) is 9.46. The first kappa shape index (κ1) is 23.7. The normalized spacial score (nSPS) is 16.7. The van der Waals surface area contributed by atoms with E-state index in [-0.39, 0.29) is 35.0 Å². The number of hydrogen-bond donors (Lipinski definition) is 0. The maximum Gasteiger partial charge on any atom is 0.260 e. The Labute approximate surface area is 196 Å². The van der Waals surface area contributed by atoms with Gasteiger partial charge < -0.3 is 4.74 Å². The summed E-state index contributed by atoms with van der Waals surface area (Å²) in [6, 6.07) is 10.4. The standard InChI is InChI=1S/C23H26FN3O4S2/c1-15(2)26(3)33(29,30)18-11-9-16(10-12-18)22(28)27(14-17-6-5-13-31-17)23-25-21-19(24)7-4-8-20(21)32-23/h4,7-12,15,17H,5-6,13-14H2,1-3H3. The molecule has 0 aliphatic carbocycles. The molecule has 176 valence electrons. The Balaban J connectivity index is 1.67. The highest BCUT2D eigenvalue weighted by Gasteiger charge is 2.28. The molecule has 0 radical (unpaired) electrons. The summed E-state index contributed by atoms with van der Waals surface area (Å²) in [7, 11) is -2.13. The van der Waals surface area contributed by atoms with Gasteiger partial charge in [-0.05, 0) is 63.1 Å². The summed E-state index contributed by atoms with van der Waals surface area (Å²) in [5.74, 6) is -0.783. The molecular weight excluding hydrogens is 465 g/mol. The summed E-state index contributed by atoms with van der Waals surface area (Å²) in [5.41, 5.74) is 0.541. The fourth-order valence-electron chi connectivity index (χ4n) is 3.63. The fourth-order valence-corrected chi connectivity index (χ4v) is 5.98. The fraction of sp³-hybridized carbons (Fsp3) is 0.391. The van der Waals surface area contributed by atoms with Gasteiger partial charge in [0.1, 0.15) is 11.3 Å². The van der Waals surface area contributed by atoms with Crippen molar-refractivity contribution in [2.75, 3.05) is 25.1 Å². The third-order valence-corrected chi connectivity index (χ3v) is 8.84. The number of carbonyl (C=O) groups is 1. The van der Waals surface area contributed by atoms with Crippen LogP contribution in [0.25, 0.3) is 10.2 Å². The average molecular weight is 492 g/mol. The minimum Gasteiger partial charge on any atom is -0.376 e. The van der Waals surface area contributed by atoms with Crippen LogP contribution in [0.2, 0.25) is 0 Å². The molecule has 0 N–H and O–H groups in total. The van der Waals surface area contributed by atoms with Gasteiger partial charge in [-0.3, -0.25) is 9.69 Å². The highest BCUT2D eigenvalue weighted by Crippen LogP contribution is 2.32. The lowest BCUT2D eigenvalue weighted by atomic mass is 10.2. The third kappa shape index (κ3) is 4.79. The van der Waals surface area contributed by atoms with Crippen molar-refractivity contribution in [3.63, 3.8) is 0 Å². The van der Waals surface area contributed by atoms with E-state index in [1.54, 1.807) is 26.0 Å². The van der Waals surface area contributed by atoms with Gasteiger partial charge in [-0.1, -0.05) is 17.4 Å². The van der Waals surface area contributed by atoms with Crippen LogP contribution in [-0.2, 0) is 14.8 Å². The molecule has 0 bridgehead atoms. The molecule has 1 aliphatic rings. The zero-order valence-electron chi connectivity index (χ0n) is 18.7. The number of nitrogens with zero attached hydrogens (tertiary/aromatic N) is 3. The van der Waals surface area contributed by atoms with Crippen molar-refractivity contribution in [1.29, 1.82) is 0 Å². The van der Waals surface area contributed by atoms with E-state index in [0.29, 0.717) is 22.0 Å². The SMILES string of the molecule is CC(C)N(C)S(=O)(=O)c1ccc(C(=O)N(CC2CCCO2)c2nc3c(F)cccc3s2)cc1. The number of benzene rings is 2. The first-order valence-corrected chi connectivity index (χ1v) is 13.0. The van der Waals surface area contributed by atoms with Crippen LogP contribution in [-0.4, -0.2) is 56.0 Å². The lowest BCUT2D eigenvalue weighted by Crippen LogP contribution is -2.37. The van der Waals surface area contributed by atoms with Gasteiger partial charge in [-0.25, -0.2) is 17.8 Å². The van der Waals surface area contributed by atoms with Crippen LogP contribution < -0.4 is 4.90 Å². The van der Waals surface area contributed by atoms with E-state index in [9.17, 15) is 17.6 Å². The van der Waals surface area contributed by atoms with E-state index >= 15 is 0 Å². The third-order valence-electron chi connectivity index (χ3n) is 5.75. The van der Waals surface area contributed by atoms with Crippen molar-refractivity contribution >= 4 is 42.6 Å². The van der Waals surface area contributed by atoms with Gasteiger partial charge in [0.15, 0.2) is 5.13 Å². The van der Waals surface area contributed by atoms with E-state index in [2.05, 4.69) is 4.98 Å². The molecular formula is C23H26FN3O4S2. The summed E-state index contributed by atoms with van der Waals surface area (Å²) in [6.45, 7) is 4.51. The van der Waals surface area contributed by atoms with E-state index < -0.39 is 15.8 Å². The predicted molar refractivity (Wildman–Crippen MR) is 127 cm³/mol. The van der Waals surface area contributed by atoms with Crippen LogP contribution in [0.15, 0.2) is 47.4 Å². The second-order valence-corrected chi connectivity index (χ2v) is 11.3. The zero-order valence-corrected chi connectivity index (χ0v) is 20.3. The van der Waals surface area contributed by atoms with Crippen LogP contribution in [0.5, 0.6) is 0 Å². The molecule has 2 heterocycles. The first-order chi connectivity index (χ1) is 15.7. The first-order valence-electron chi connectivity index (χ1n) is 10.7. The number of sulfonamides is 1. The molecule has 33 heavy (non-hydrogen) atoms. The van der Waals surface area contributed by atoms with E-state index in [1.165, 1.54) is 57.9 Å². The molecule has 2 aromatic carbocycles. The second-order valence-electron chi connectivity index (χ2n) is 8.27. The number of para-hydroxylation sites is 1. The predicted octanol–water partition coefficient (Wildman–Crippen LogP) is 4.29. The topological polar surface area (TPSA) is 79.8 Å². The van der Waals surface area contributed by atoms with Crippen LogP contribution in [0, 0.1) is 5.82 Å². The average Bonchev–Trinajstić information content (AvgIpc) is 3.47. The summed E-state index contributed by atoms with van der Waals surface area (Å²) in [5, 5.41) is 0.381. The number of carbonyl (C=O) groups excluding carboxylic acids is 1. The molecule has 3 aromatic rings. The number of hydrogen-bond acceptors (Lipinski definition) is 6. The Morgan fingerprint density at radius 3 is 2.58 bits per heavy atom. The van der Waals surface area contributed by atoms with E-state index in [1.807, 2.05) is 0 Å².